The van der Waals surface area contributed by atoms with Gasteiger partial charge in [0.15, 0.2) is 5.96 Å². The van der Waals surface area contributed by atoms with Crippen LogP contribution in [0.25, 0.3) is 0 Å². The molecule has 0 aromatic rings. The third-order valence-electron chi connectivity index (χ3n) is 5.41. The Balaban J connectivity index is 0.00000392. The predicted octanol–water partition coefficient (Wildman–Crippen LogP) is 2.20. The van der Waals surface area contributed by atoms with Crippen LogP contribution in [0.2, 0.25) is 0 Å². The lowest BCUT2D eigenvalue weighted by molar-refractivity contribution is -0.0166. The maximum atomic E-state index is 5.98. The second-order valence-electron chi connectivity index (χ2n) is 7.61. The molecule has 2 fully saturated rings. The van der Waals surface area contributed by atoms with Crippen LogP contribution in [0.3, 0.4) is 0 Å². The van der Waals surface area contributed by atoms with Gasteiger partial charge >= 0.3 is 0 Å². The molecule has 7 nitrogen and oxygen atoms in total. The van der Waals surface area contributed by atoms with Gasteiger partial charge in [0, 0.05) is 58.6 Å². The van der Waals surface area contributed by atoms with Crippen LogP contribution < -0.4 is 5.32 Å². The Morgan fingerprint density at radius 3 is 2.64 bits per heavy atom. The van der Waals surface area contributed by atoms with Crippen molar-refractivity contribution in [3.8, 4) is 0 Å². The molecule has 28 heavy (non-hydrogen) atoms. The number of guanidine groups is 1. The van der Waals surface area contributed by atoms with E-state index in [-0.39, 0.29) is 24.0 Å². The first-order chi connectivity index (χ1) is 13.2. The fourth-order valence-electron chi connectivity index (χ4n) is 3.83. The van der Waals surface area contributed by atoms with Gasteiger partial charge in [-0.05, 0) is 40.0 Å². The van der Waals surface area contributed by atoms with Crippen LogP contribution in [-0.4, -0.2) is 100 Å². The second kappa shape index (κ2) is 14.8. The summed E-state index contributed by atoms with van der Waals surface area (Å²) in [5, 5.41) is 3.47. The van der Waals surface area contributed by atoms with E-state index < -0.39 is 0 Å². The number of piperidine rings is 1. The Bertz CT molecular complexity index is 434. The van der Waals surface area contributed by atoms with E-state index in [1.807, 2.05) is 0 Å². The highest BCUT2D eigenvalue weighted by Gasteiger charge is 2.25. The largest absolute Gasteiger partial charge is 0.385 e. The molecule has 2 aliphatic rings. The Morgan fingerprint density at radius 2 is 2.00 bits per heavy atom. The van der Waals surface area contributed by atoms with Crippen molar-refractivity contribution in [3.63, 3.8) is 0 Å². The molecule has 0 radical (unpaired) electrons. The summed E-state index contributed by atoms with van der Waals surface area (Å²) in [4.78, 5) is 9.84. The summed E-state index contributed by atoms with van der Waals surface area (Å²) >= 11 is 0. The zero-order valence-corrected chi connectivity index (χ0v) is 20.5. The number of rotatable bonds is 9. The van der Waals surface area contributed by atoms with Crippen molar-refractivity contribution in [2.24, 2.45) is 4.99 Å². The highest BCUT2D eigenvalue weighted by Crippen LogP contribution is 2.15. The second-order valence-corrected chi connectivity index (χ2v) is 7.61. The molecule has 0 aromatic carbocycles. The number of nitrogens with one attached hydrogen (secondary N) is 1. The van der Waals surface area contributed by atoms with Gasteiger partial charge in [0.05, 0.1) is 25.9 Å². The summed E-state index contributed by atoms with van der Waals surface area (Å²) in [5.41, 5.74) is 0. The summed E-state index contributed by atoms with van der Waals surface area (Å²) in [6.07, 6.45) is 3.47. The van der Waals surface area contributed by atoms with Gasteiger partial charge in [0.25, 0.3) is 0 Å². The number of methoxy groups -OCH3 is 1. The van der Waals surface area contributed by atoms with Gasteiger partial charge < -0.3 is 24.4 Å². The SMILES string of the molecule is CCNC(=NCC(C)N1CCOCC1C)N1CCC(OCCCOC)CC1.I. The number of halogens is 1. The van der Waals surface area contributed by atoms with E-state index in [1.54, 1.807) is 7.11 Å². The van der Waals surface area contributed by atoms with E-state index in [1.165, 1.54) is 0 Å². The Morgan fingerprint density at radius 1 is 1.25 bits per heavy atom. The van der Waals surface area contributed by atoms with Gasteiger partial charge in [-0.3, -0.25) is 9.89 Å². The average Bonchev–Trinajstić information content (AvgIpc) is 2.69. The van der Waals surface area contributed by atoms with Crippen molar-refractivity contribution in [1.29, 1.82) is 0 Å². The van der Waals surface area contributed by atoms with E-state index in [4.69, 9.17) is 19.2 Å². The molecular weight excluding hydrogens is 471 g/mol. The van der Waals surface area contributed by atoms with E-state index >= 15 is 0 Å². The molecule has 2 saturated heterocycles. The number of hydrogen-bond donors (Lipinski definition) is 1. The fraction of sp³-hybridized carbons (Fsp3) is 0.950. The Labute approximate surface area is 188 Å². The van der Waals surface area contributed by atoms with Gasteiger partial charge in [-0.1, -0.05) is 0 Å². The molecular formula is C20H41IN4O3. The first-order valence-corrected chi connectivity index (χ1v) is 10.6. The average molecular weight is 512 g/mol. The summed E-state index contributed by atoms with van der Waals surface area (Å²) in [6.45, 7) is 14.6. The van der Waals surface area contributed by atoms with E-state index in [9.17, 15) is 0 Å². The number of hydrogen-bond acceptors (Lipinski definition) is 5. The van der Waals surface area contributed by atoms with Crippen molar-refractivity contribution in [1.82, 2.24) is 15.1 Å². The highest BCUT2D eigenvalue weighted by molar-refractivity contribution is 14.0. The third-order valence-corrected chi connectivity index (χ3v) is 5.41. The minimum atomic E-state index is 0. The predicted molar refractivity (Wildman–Crippen MR) is 125 cm³/mol. The molecule has 166 valence electrons. The Hall–Kier alpha value is -0.160. The Kier molecular flexibility index (Phi) is 13.6. The van der Waals surface area contributed by atoms with Gasteiger partial charge in [-0.25, -0.2) is 0 Å². The molecule has 2 aliphatic heterocycles. The minimum Gasteiger partial charge on any atom is -0.385 e. The van der Waals surface area contributed by atoms with Crippen LogP contribution in [-0.2, 0) is 14.2 Å². The van der Waals surface area contributed by atoms with Crippen LogP contribution in [0.4, 0.5) is 0 Å². The van der Waals surface area contributed by atoms with Crippen LogP contribution >= 0.6 is 24.0 Å². The monoisotopic (exact) mass is 512 g/mol. The number of likely N-dealkylation sites (tertiary alicyclic amines) is 1. The standard InChI is InChI=1S/C20H40N4O3.HI/c1-5-21-20(22-15-17(2)24-11-14-26-16-18(24)3)23-9-7-19(8-10-23)27-13-6-12-25-4;/h17-19H,5-16H2,1-4H3,(H,21,22);1H. The summed E-state index contributed by atoms with van der Waals surface area (Å²) in [6, 6.07) is 0.900. The van der Waals surface area contributed by atoms with E-state index in [0.717, 1.165) is 84.4 Å². The van der Waals surface area contributed by atoms with Crippen LogP contribution in [0, 0.1) is 0 Å². The van der Waals surface area contributed by atoms with Crippen LogP contribution in [0.5, 0.6) is 0 Å². The maximum Gasteiger partial charge on any atom is 0.193 e. The third kappa shape index (κ3) is 8.69. The van der Waals surface area contributed by atoms with Crippen LogP contribution in [0.1, 0.15) is 40.0 Å². The van der Waals surface area contributed by atoms with Crippen molar-refractivity contribution >= 4 is 29.9 Å². The van der Waals surface area contributed by atoms with Crippen molar-refractivity contribution in [3.05, 3.63) is 0 Å². The summed E-state index contributed by atoms with van der Waals surface area (Å²) in [7, 11) is 1.74. The lowest BCUT2D eigenvalue weighted by atomic mass is 10.1. The quantitative estimate of drug-likeness (QED) is 0.221. The zero-order valence-electron chi connectivity index (χ0n) is 18.2. The topological polar surface area (TPSA) is 58.6 Å². The smallest absolute Gasteiger partial charge is 0.193 e. The minimum absolute atomic E-state index is 0. The molecule has 2 atom stereocenters. The van der Waals surface area contributed by atoms with Crippen molar-refractivity contribution < 1.29 is 14.2 Å². The molecule has 0 aromatic heterocycles. The van der Waals surface area contributed by atoms with Gasteiger partial charge in [-0.15, -0.1) is 24.0 Å². The summed E-state index contributed by atoms with van der Waals surface area (Å²) in [5.74, 6) is 1.04. The lowest BCUT2D eigenvalue weighted by Gasteiger charge is -2.38. The molecule has 0 amide bonds. The molecule has 8 heteroatoms. The number of nitrogens with zero attached hydrogens (tertiary/aromatic N) is 3. The van der Waals surface area contributed by atoms with Crippen molar-refractivity contribution in [2.75, 3.05) is 66.3 Å². The first-order valence-electron chi connectivity index (χ1n) is 10.6. The van der Waals surface area contributed by atoms with Gasteiger partial charge in [0.2, 0.25) is 0 Å². The number of ether oxygens (including phenoxy) is 3. The lowest BCUT2D eigenvalue weighted by Crippen LogP contribution is -2.50. The van der Waals surface area contributed by atoms with Gasteiger partial charge in [0.1, 0.15) is 0 Å². The van der Waals surface area contributed by atoms with Crippen molar-refractivity contribution in [2.45, 2.75) is 58.2 Å². The molecule has 2 unspecified atom stereocenters. The number of aliphatic imine (C=N–C) groups is 1. The zero-order chi connectivity index (χ0) is 19.5. The van der Waals surface area contributed by atoms with Gasteiger partial charge in [-0.2, -0.15) is 0 Å². The molecule has 2 heterocycles. The molecule has 2 rings (SSSR count). The first kappa shape index (κ1) is 25.9. The molecule has 0 saturated carbocycles. The van der Waals surface area contributed by atoms with E-state index in [0.29, 0.717) is 18.2 Å². The highest BCUT2D eigenvalue weighted by atomic mass is 127. The molecule has 1 N–H and O–H groups in total. The molecule has 0 spiro atoms. The fourth-order valence-corrected chi connectivity index (χ4v) is 3.83. The molecule has 0 bridgehead atoms. The number of morpholine rings is 1. The maximum absolute atomic E-state index is 5.98. The van der Waals surface area contributed by atoms with E-state index in [2.05, 4.69) is 35.9 Å². The van der Waals surface area contributed by atoms with Crippen LogP contribution in [0.15, 0.2) is 4.99 Å². The molecule has 0 aliphatic carbocycles. The normalized spacial score (nSPS) is 23.4. The summed E-state index contributed by atoms with van der Waals surface area (Å²) < 4.78 is 16.6.